The zero-order valence-corrected chi connectivity index (χ0v) is 19.8. The van der Waals surface area contributed by atoms with E-state index >= 15 is 0 Å². The smallest absolute Gasteiger partial charge is 0.264 e. The SMILES string of the molecule is CC.CC(=N)c1c(N)ncnc1N[C@@H](C)c1cc2cccc(Cl)c2c(=O)n1-c1ccccc1. The van der Waals surface area contributed by atoms with Gasteiger partial charge in [-0.2, -0.15) is 0 Å². The predicted octanol–water partition coefficient (Wildman–Crippen LogP) is 5.60. The number of nitrogens with zero attached hydrogens (tertiary/aromatic N) is 3. The van der Waals surface area contributed by atoms with Gasteiger partial charge in [-0.25, -0.2) is 9.97 Å². The highest BCUT2D eigenvalue weighted by Crippen LogP contribution is 2.28. The predicted molar refractivity (Wildman–Crippen MR) is 137 cm³/mol. The Morgan fingerprint density at radius 1 is 1.12 bits per heavy atom. The van der Waals surface area contributed by atoms with Crippen molar-refractivity contribution < 1.29 is 0 Å². The fraction of sp³-hybridized carbons (Fsp3) is 0.200. The number of halogens is 1. The molecule has 2 aromatic carbocycles. The standard InChI is InChI=1S/C23H21ClN6O.C2H6/c1-13(25)19-21(26)27-12-28-22(19)29-14(2)18-11-15-7-6-10-17(24)20(15)23(31)30(18)16-8-4-3-5-9-16;1-2/h3-12,14,25H,1-2H3,(H3,26,27,28,29);1-2H3/t14-;/m0./s1. The maximum absolute atomic E-state index is 13.5. The molecule has 170 valence electrons. The van der Waals surface area contributed by atoms with Crippen LogP contribution in [-0.2, 0) is 0 Å². The first-order valence-corrected chi connectivity index (χ1v) is 11.1. The Bertz CT molecular complexity index is 1350. The van der Waals surface area contributed by atoms with Gasteiger partial charge in [0.15, 0.2) is 0 Å². The molecular formula is C25H27ClN6O. The van der Waals surface area contributed by atoms with E-state index in [0.29, 0.717) is 21.8 Å². The molecule has 0 aliphatic rings. The molecular weight excluding hydrogens is 436 g/mol. The van der Waals surface area contributed by atoms with Crippen LogP contribution in [0.2, 0.25) is 5.02 Å². The van der Waals surface area contributed by atoms with Gasteiger partial charge in [0.2, 0.25) is 0 Å². The van der Waals surface area contributed by atoms with Crippen molar-refractivity contribution in [3.05, 3.63) is 87.6 Å². The molecule has 0 amide bonds. The Kier molecular flexibility index (Phi) is 7.45. The summed E-state index contributed by atoms with van der Waals surface area (Å²) in [4.78, 5) is 21.8. The number of rotatable bonds is 5. The monoisotopic (exact) mass is 462 g/mol. The lowest BCUT2D eigenvalue weighted by Crippen LogP contribution is -2.26. The van der Waals surface area contributed by atoms with Gasteiger partial charge >= 0.3 is 0 Å². The highest BCUT2D eigenvalue weighted by Gasteiger charge is 2.20. The summed E-state index contributed by atoms with van der Waals surface area (Å²) < 4.78 is 1.65. The van der Waals surface area contributed by atoms with Crippen LogP contribution in [0.5, 0.6) is 0 Å². The summed E-state index contributed by atoms with van der Waals surface area (Å²) in [5, 5.41) is 13.0. The molecule has 0 saturated heterocycles. The number of nitrogens with two attached hydrogens (primary N) is 1. The van der Waals surface area contributed by atoms with Crippen LogP contribution in [0.1, 0.15) is 45.0 Å². The second kappa shape index (κ2) is 10.3. The number of nitrogen functional groups attached to an aromatic ring is 1. The van der Waals surface area contributed by atoms with Crippen LogP contribution in [0, 0.1) is 5.41 Å². The van der Waals surface area contributed by atoms with Gasteiger partial charge in [-0.1, -0.05) is 55.8 Å². The number of fused-ring (bicyclic) bond motifs is 1. The van der Waals surface area contributed by atoms with Crippen LogP contribution in [0.4, 0.5) is 11.6 Å². The average Bonchev–Trinajstić information content (AvgIpc) is 2.80. The van der Waals surface area contributed by atoms with Crippen molar-refractivity contribution in [2.45, 2.75) is 33.7 Å². The normalized spacial score (nSPS) is 11.4. The highest BCUT2D eigenvalue weighted by atomic mass is 35.5. The number of para-hydroxylation sites is 1. The van der Waals surface area contributed by atoms with Crippen LogP contribution in [0.15, 0.2) is 65.7 Å². The molecule has 0 radical (unpaired) electrons. The van der Waals surface area contributed by atoms with Gasteiger partial charge in [0.25, 0.3) is 5.56 Å². The van der Waals surface area contributed by atoms with E-state index in [1.54, 1.807) is 17.6 Å². The van der Waals surface area contributed by atoms with E-state index in [9.17, 15) is 4.79 Å². The second-order valence-corrected chi connectivity index (χ2v) is 7.63. The Morgan fingerprint density at radius 3 is 2.48 bits per heavy atom. The van der Waals surface area contributed by atoms with Crippen molar-refractivity contribution in [3.8, 4) is 5.69 Å². The van der Waals surface area contributed by atoms with E-state index in [-0.39, 0.29) is 23.1 Å². The molecule has 0 spiro atoms. The van der Waals surface area contributed by atoms with Crippen LogP contribution in [0.25, 0.3) is 16.5 Å². The Labute approximate surface area is 197 Å². The summed E-state index contributed by atoms with van der Waals surface area (Å²) in [5.74, 6) is 0.661. The quantitative estimate of drug-likeness (QED) is 0.334. The maximum atomic E-state index is 13.5. The van der Waals surface area contributed by atoms with Crippen molar-refractivity contribution in [2.24, 2.45) is 0 Å². The third-order valence-corrected chi connectivity index (χ3v) is 5.40. The summed E-state index contributed by atoms with van der Waals surface area (Å²) in [5.41, 5.74) is 7.90. The first-order valence-electron chi connectivity index (χ1n) is 10.7. The molecule has 1 atom stereocenters. The van der Waals surface area contributed by atoms with Gasteiger partial charge in [0, 0.05) is 17.1 Å². The fourth-order valence-electron chi connectivity index (χ4n) is 3.66. The van der Waals surface area contributed by atoms with Gasteiger partial charge in [-0.3, -0.25) is 9.36 Å². The number of nitrogens with one attached hydrogen (secondary N) is 2. The van der Waals surface area contributed by atoms with Gasteiger partial charge < -0.3 is 16.5 Å². The van der Waals surface area contributed by atoms with Gasteiger partial charge in [0.05, 0.1) is 22.0 Å². The molecule has 0 unspecified atom stereocenters. The first-order chi connectivity index (χ1) is 15.9. The zero-order valence-electron chi connectivity index (χ0n) is 19.1. The molecule has 4 N–H and O–H groups in total. The molecule has 0 bridgehead atoms. The number of pyridine rings is 1. The van der Waals surface area contributed by atoms with Crippen molar-refractivity contribution in [3.63, 3.8) is 0 Å². The molecule has 0 fully saturated rings. The minimum absolute atomic E-state index is 0.205. The van der Waals surface area contributed by atoms with E-state index in [4.69, 9.17) is 22.7 Å². The van der Waals surface area contributed by atoms with E-state index in [1.165, 1.54) is 6.33 Å². The van der Waals surface area contributed by atoms with Crippen LogP contribution >= 0.6 is 11.6 Å². The minimum atomic E-state index is -0.344. The van der Waals surface area contributed by atoms with E-state index in [0.717, 1.165) is 16.8 Å². The van der Waals surface area contributed by atoms with E-state index < -0.39 is 0 Å². The molecule has 33 heavy (non-hydrogen) atoms. The first kappa shape index (κ1) is 23.9. The summed E-state index contributed by atoms with van der Waals surface area (Å²) >= 11 is 6.37. The summed E-state index contributed by atoms with van der Waals surface area (Å²) in [6.45, 7) is 7.55. The Balaban J connectivity index is 0.00000149. The lowest BCUT2D eigenvalue weighted by molar-refractivity contribution is 0.772. The number of benzene rings is 2. The lowest BCUT2D eigenvalue weighted by atomic mass is 10.1. The Morgan fingerprint density at radius 2 is 1.82 bits per heavy atom. The van der Waals surface area contributed by atoms with Crippen molar-refractivity contribution in [2.75, 3.05) is 11.1 Å². The van der Waals surface area contributed by atoms with Gasteiger partial charge in [-0.15, -0.1) is 0 Å². The summed E-state index contributed by atoms with van der Waals surface area (Å²) in [6.07, 6.45) is 1.35. The van der Waals surface area contributed by atoms with Crippen molar-refractivity contribution in [1.82, 2.24) is 14.5 Å². The topological polar surface area (TPSA) is 110 Å². The van der Waals surface area contributed by atoms with Crippen molar-refractivity contribution in [1.29, 1.82) is 5.41 Å². The molecule has 2 heterocycles. The van der Waals surface area contributed by atoms with Gasteiger partial charge in [-0.05, 0) is 43.5 Å². The molecule has 0 saturated carbocycles. The van der Waals surface area contributed by atoms with E-state index in [2.05, 4.69) is 15.3 Å². The summed E-state index contributed by atoms with van der Waals surface area (Å²) in [7, 11) is 0. The fourth-order valence-corrected chi connectivity index (χ4v) is 3.92. The van der Waals surface area contributed by atoms with Crippen LogP contribution in [0.3, 0.4) is 0 Å². The largest absolute Gasteiger partial charge is 0.383 e. The summed E-state index contributed by atoms with van der Waals surface area (Å²) in [6, 6.07) is 16.4. The van der Waals surface area contributed by atoms with E-state index in [1.807, 2.05) is 69.3 Å². The second-order valence-electron chi connectivity index (χ2n) is 7.22. The van der Waals surface area contributed by atoms with Crippen molar-refractivity contribution >= 4 is 39.7 Å². The highest BCUT2D eigenvalue weighted by molar-refractivity contribution is 6.35. The third kappa shape index (κ3) is 4.73. The third-order valence-electron chi connectivity index (χ3n) is 5.09. The number of anilines is 2. The maximum Gasteiger partial charge on any atom is 0.264 e. The molecule has 7 nitrogen and oxygen atoms in total. The minimum Gasteiger partial charge on any atom is -0.383 e. The van der Waals surface area contributed by atoms with Gasteiger partial charge in [0.1, 0.15) is 18.0 Å². The molecule has 0 aliphatic heterocycles. The average molecular weight is 463 g/mol. The molecule has 4 rings (SSSR count). The molecule has 4 aromatic rings. The van der Waals surface area contributed by atoms with Crippen LogP contribution < -0.4 is 16.6 Å². The number of hydrogen-bond acceptors (Lipinski definition) is 6. The number of hydrogen-bond donors (Lipinski definition) is 3. The van der Waals surface area contributed by atoms with Crippen LogP contribution in [-0.4, -0.2) is 20.2 Å². The number of aromatic nitrogens is 3. The molecule has 8 heteroatoms. The zero-order chi connectivity index (χ0) is 24.1. The Hall–Kier alpha value is -3.71. The lowest BCUT2D eigenvalue weighted by Gasteiger charge is -2.22. The molecule has 0 aliphatic carbocycles. The molecule has 2 aromatic heterocycles.